The first-order valence-electron chi connectivity index (χ1n) is 7.65. The molecule has 0 unspecified atom stereocenters. The van der Waals surface area contributed by atoms with Crippen molar-refractivity contribution in [3.63, 3.8) is 0 Å². The van der Waals surface area contributed by atoms with E-state index in [1.807, 2.05) is 25.1 Å². The molecule has 1 aromatic carbocycles. The van der Waals surface area contributed by atoms with Gasteiger partial charge in [-0.1, -0.05) is 15.9 Å². The third kappa shape index (κ3) is 3.65. The first kappa shape index (κ1) is 16.7. The average molecular weight is 392 g/mol. The second-order valence-electron chi connectivity index (χ2n) is 5.65. The number of hydrogen-bond donors (Lipinski definition) is 4. The summed E-state index contributed by atoms with van der Waals surface area (Å²) in [4.78, 5) is 24.3. The largest absolute Gasteiger partial charge is 0.342 e. The van der Waals surface area contributed by atoms with Gasteiger partial charge in [-0.3, -0.25) is 14.7 Å². The third-order valence-electron chi connectivity index (χ3n) is 3.89. The first-order valence-corrected chi connectivity index (χ1v) is 8.45. The van der Waals surface area contributed by atoms with E-state index in [9.17, 15) is 9.59 Å². The van der Waals surface area contributed by atoms with Crippen LogP contribution in [0, 0.1) is 6.92 Å². The van der Waals surface area contributed by atoms with Gasteiger partial charge in [-0.05, 0) is 30.7 Å². The molecular formula is C16H18BrN5O2. The predicted molar refractivity (Wildman–Crippen MR) is 93.8 cm³/mol. The maximum atomic E-state index is 12.2. The smallest absolute Gasteiger partial charge is 0.272 e. The van der Waals surface area contributed by atoms with Crippen molar-refractivity contribution in [1.29, 1.82) is 0 Å². The van der Waals surface area contributed by atoms with Crippen molar-refractivity contribution < 1.29 is 9.59 Å². The van der Waals surface area contributed by atoms with E-state index in [1.165, 1.54) is 0 Å². The Bertz CT molecular complexity index is 787. The van der Waals surface area contributed by atoms with Crippen LogP contribution in [0.3, 0.4) is 0 Å². The molecule has 1 aliphatic heterocycles. The molecule has 2 heterocycles. The Morgan fingerprint density at radius 2 is 2.21 bits per heavy atom. The Labute approximate surface area is 147 Å². The van der Waals surface area contributed by atoms with Crippen LogP contribution in [0.25, 0.3) is 0 Å². The van der Waals surface area contributed by atoms with Crippen molar-refractivity contribution in [2.45, 2.75) is 19.9 Å². The summed E-state index contributed by atoms with van der Waals surface area (Å²) in [7, 11) is 0. The van der Waals surface area contributed by atoms with E-state index in [2.05, 4.69) is 42.1 Å². The molecule has 2 amide bonds. The van der Waals surface area contributed by atoms with E-state index in [0.29, 0.717) is 12.2 Å². The molecule has 4 N–H and O–H groups in total. The average Bonchev–Trinajstić information content (AvgIpc) is 2.99. The van der Waals surface area contributed by atoms with E-state index in [0.717, 1.165) is 39.9 Å². The minimum absolute atomic E-state index is 0.108. The Balaban J connectivity index is 1.58. The number of hydrogen-bond acceptors (Lipinski definition) is 4. The minimum Gasteiger partial charge on any atom is -0.342 e. The summed E-state index contributed by atoms with van der Waals surface area (Å²) in [5.41, 5.74) is 3.87. The molecule has 0 fully saturated rings. The van der Waals surface area contributed by atoms with E-state index >= 15 is 0 Å². The normalized spacial score (nSPS) is 13.2. The van der Waals surface area contributed by atoms with Gasteiger partial charge in [0.1, 0.15) is 0 Å². The number of rotatable bonds is 4. The van der Waals surface area contributed by atoms with Crippen LogP contribution in [-0.4, -0.2) is 35.1 Å². The van der Waals surface area contributed by atoms with Crippen LogP contribution in [0.15, 0.2) is 22.7 Å². The highest BCUT2D eigenvalue weighted by Gasteiger charge is 2.21. The molecule has 126 valence electrons. The predicted octanol–water partition coefficient (Wildman–Crippen LogP) is 1.49. The van der Waals surface area contributed by atoms with Crippen molar-refractivity contribution in [1.82, 2.24) is 20.8 Å². The fraction of sp³-hybridized carbons (Fsp3) is 0.312. The Morgan fingerprint density at radius 1 is 1.38 bits per heavy atom. The number of aromatic amines is 1. The second kappa shape index (κ2) is 7.14. The van der Waals surface area contributed by atoms with Crippen LogP contribution in [0.2, 0.25) is 0 Å². The Kier molecular flexibility index (Phi) is 4.96. The lowest BCUT2D eigenvalue weighted by molar-refractivity contribution is -0.115. The molecule has 3 rings (SSSR count). The molecule has 0 spiro atoms. The highest BCUT2D eigenvalue weighted by atomic mass is 79.9. The SMILES string of the molecule is Cc1cc(Br)ccc1NC(=O)CNC(=O)c1n[nH]c2c1CNCC2. The summed E-state index contributed by atoms with van der Waals surface area (Å²) >= 11 is 3.38. The summed E-state index contributed by atoms with van der Waals surface area (Å²) in [6.07, 6.45) is 0.818. The van der Waals surface area contributed by atoms with Crippen LogP contribution in [-0.2, 0) is 17.8 Å². The minimum atomic E-state index is -0.348. The number of carbonyl (C=O) groups excluding carboxylic acids is 2. The van der Waals surface area contributed by atoms with E-state index in [1.54, 1.807) is 0 Å². The molecule has 8 heteroatoms. The standard InChI is InChI=1S/C16H18BrN5O2/c1-9-6-10(17)2-3-12(9)20-14(23)8-19-16(24)15-11-7-18-5-4-13(11)21-22-15/h2-3,6,18H,4-5,7-8H2,1H3,(H,19,24)(H,20,23)(H,21,22). The number of halogens is 1. The maximum Gasteiger partial charge on any atom is 0.272 e. The number of nitrogens with one attached hydrogen (secondary N) is 4. The molecule has 0 bridgehead atoms. The van der Waals surface area contributed by atoms with Crippen LogP contribution in [0.4, 0.5) is 5.69 Å². The summed E-state index contributed by atoms with van der Waals surface area (Å²) < 4.78 is 0.947. The lowest BCUT2D eigenvalue weighted by Crippen LogP contribution is -2.34. The highest BCUT2D eigenvalue weighted by molar-refractivity contribution is 9.10. The van der Waals surface area contributed by atoms with Crippen LogP contribution < -0.4 is 16.0 Å². The third-order valence-corrected chi connectivity index (χ3v) is 4.39. The van der Waals surface area contributed by atoms with Gasteiger partial charge in [-0.25, -0.2) is 0 Å². The first-order chi connectivity index (χ1) is 11.5. The van der Waals surface area contributed by atoms with Gasteiger partial charge in [0.2, 0.25) is 5.91 Å². The summed E-state index contributed by atoms with van der Waals surface area (Å²) in [6, 6.07) is 5.58. The molecule has 0 radical (unpaired) electrons. The van der Waals surface area contributed by atoms with Crippen molar-refractivity contribution in [3.05, 3.63) is 45.2 Å². The fourth-order valence-electron chi connectivity index (χ4n) is 2.62. The molecule has 0 saturated carbocycles. The van der Waals surface area contributed by atoms with E-state index in [4.69, 9.17) is 0 Å². The molecular weight excluding hydrogens is 374 g/mol. The van der Waals surface area contributed by atoms with Crippen molar-refractivity contribution in [2.24, 2.45) is 0 Å². The number of anilines is 1. The van der Waals surface area contributed by atoms with Gasteiger partial charge in [-0.15, -0.1) is 0 Å². The number of fused-ring (bicyclic) bond motifs is 1. The van der Waals surface area contributed by atoms with Gasteiger partial charge in [-0.2, -0.15) is 5.10 Å². The quantitative estimate of drug-likeness (QED) is 0.634. The van der Waals surface area contributed by atoms with Crippen molar-refractivity contribution in [2.75, 3.05) is 18.4 Å². The van der Waals surface area contributed by atoms with E-state index in [-0.39, 0.29) is 18.4 Å². The van der Waals surface area contributed by atoms with Gasteiger partial charge in [0.25, 0.3) is 5.91 Å². The van der Waals surface area contributed by atoms with E-state index < -0.39 is 0 Å². The van der Waals surface area contributed by atoms with Gasteiger partial charge in [0.05, 0.1) is 6.54 Å². The number of aryl methyl sites for hydroxylation is 1. The molecule has 1 aromatic heterocycles. The topological polar surface area (TPSA) is 98.9 Å². The molecule has 2 aromatic rings. The molecule has 7 nitrogen and oxygen atoms in total. The zero-order chi connectivity index (χ0) is 17.1. The Hall–Kier alpha value is -2.19. The molecule has 24 heavy (non-hydrogen) atoms. The highest BCUT2D eigenvalue weighted by Crippen LogP contribution is 2.20. The zero-order valence-electron chi connectivity index (χ0n) is 13.2. The fourth-order valence-corrected chi connectivity index (χ4v) is 3.09. The van der Waals surface area contributed by atoms with Crippen LogP contribution in [0.5, 0.6) is 0 Å². The summed E-state index contributed by atoms with van der Waals surface area (Å²) in [5.74, 6) is -0.629. The zero-order valence-corrected chi connectivity index (χ0v) is 14.8. The summed E-state index contributed by atoms with van der Waals surface area (Å²) in [5, 5.41) is 15.6. The lowest BCUT2D eigenvalue weighted by Gasteiger charge is -2.13. The second-order valence-corrected chi connectivity index (χ2v) is 6.56. The molecule has 0 saturated heterocycles. The van der Waals surface area contributed by atoms with Gasteiger partial charge >= 0.3 is 0 Å². The molecule has 0 aliphatic carbocycles. The van der Waals surface area contributed by atoms with Gasteiger partial charge in [0, 0.05) is 40.9 Å². The number of H-pyrrole nitrogens is 1. The van der Waals surface area contributed by atoms with Gasteiger partial charge in [0.15, 0.2) is 5.69 Å². The number of nitrogens with zero attached hydrogens (tertiary/aromatic N) is 1. The summed E-state index contributed by atoms with van der Waals surface area (Å²) in [6.45, 7) is 3.27. The number of aromatic nitrogens is 2. The molecule has 1 aliphatic rings. The number of carbonyl (C=O) groups is 2. The monoisotopic (exact) mass is 391 g/mol. The number of amides is 2. The van der Waals surface area contributed by atoms with Crippen LogP contribution in [0.1, 0.15) is 27.3 Å². The Morgan fingerprint density at radius 3 is 3.00 bits per heavy atom. The van der Waals surface area contributed by atoms with Crippen molar-refractivity contribution >= 4 is 33.4 Å². The van der Waals surface area contributed by atoms with Crippen LogP contribution >= 0.6 is 15.9 Å². The lowest BCUT2D eigenvalue weighted by atomic mass is 10.1. The molecule has 0 atom stereocenters. The van der Waals surface area contributed by atoms with Gasteiger partial charge < -0.3 is 16.0 Å². The maximum absolute atomic E-state index is 12.2. The van der Waals surface area contributed by atoms with Crippen molar-refractivity contribution in [3.8, 4) is 0 Å². The number of benzene rings is 1.